The van der Waals surface area contributed by atoms with Crippen LogP contribution in [-0.2, 0) is 18.4 Å². The van der Waals surface area contributed by atoms with Crippen molar-refractivity contribution in [3.05, 3.63) is 18.0 Å². The highest BCUT2D eigenvalue weighted by Crippen LogP contribution is 2.13. The molecule has 1 unspecified atom stereocenters. The highest BCUT2D eigenvalue weighted by molar-refractivity contribution is 5.85. The van der Waals surface area contributed by atoms with E-state index in [-0.39, 0.29) is 0 Å². The van der Waals surface area contributed by atoms with Gasteiger partial charge in [-0.15, -0.1) is 0 Å². The third-order valence-corrected chi connectivity index (χ3v) is 3.13. The van der Waals surface area contributed by atoms with Gasteiger partial charge in [0.05, 0.1) is 12.7 Å². The van der Waals surface area contributed by atoms with Crippen molar-refractivity contribution >= 4 is 12.0 Å². The zero-order chi connectivity index (χ0) is 15.3. The number of aryl methyl sites for hydroxylation is 1. The van der Waals surface area contributed by atoms with E-state index in [1.807, 2.05) is 13.1 Å². The predicted molar refractivity (Wildman–Crippen MR) is 74.2 cm³/mol. The van der Waals surface area contributed by atoms with Gasteiger partial charge in [0.15, 0.2) is 0 Å². The number of aliphatic carboxylic acids is 1. The minimum atomic E-state index is -1.24. The molecule has 20 heavy (non-hydrogen) atoms. The highest BCUT2D eigenvalue weighted by Gasteiger charge is 2.34. The molecule has 0 aliphatic carbocycles. The summed E-state index contributed by atoms with van der Waals surface area (Å²) in [6.07, 6.45) is 4.54. The van der Waals surface area contributed by atoms with Gasteiger partial charge in [-0.25, -0.2) is 9.59 Å². The molecule has 0 bridgehead atoms. The van der Waals surface area contributed by atoms with Crippen LogP contribution in [-0.4, -0.2) is 44.4 Å². The Hall–Kier alpha value is -2.05. The molecule has 2 amide bonds. The Morgan fingerprint density at radius 1 is 1.55 bits per heavy atom. The van der Waals surface area contributed by atoms with Crippen molar-refractivity contribution < 1.29 is 14.7 Å². The third-order valence-electron chi connectivity index (χ3n) is 3.13. The molecule has 7 nitrogen and oxygen atoms in total. The molecule has 112 valence electrons. The van der Waals surface area contributed by atoms with E-state index in [4.69, 9.17) is 0 Å². The van der Waals surface area contributed by atoms with Crippen LogP contribution in [0.4, 0.5) is 4.79 Å². The molecule has 2 N–H and O–H groups in total. The molecule has 1 atom stereocenters. The number of carboxylic acid groups (broad SMARTS) is 1. The van der Waals surface area contributed by atoms with Crippen LogP contribution in [0.1, 0.15) is 32.3 Å². The number of aromatic nitrogens is 2. The van der Waals surface area contributed by atoms with Crippen LogP contribution in [0.25, 0.3) is 0 Å². The van der Waals surface area contributed by atoms with Gasteiger partial charge in [0.2, 0.25) is 0 Å². The Balaban J connectivity index is 2.66. The zero-order valence-corrected chi connectivity index (χ0v) is 12.4. The maximum Gasteiger partial charge on any atom is 0.329 e. The lowest BCUT2D eigenvalue weighted by molar-refractivity contribution is -0.144. The molecule has 1 aromatic rings. The summed E-state index contributed by atoms with van der Waals surface area (Å²) in [5.41, 5.74) is -0.354. The molecule has 0 aromatic carbocycles. The van der Waals surface area contributed by atoms with Crippen LogP contribution >= 0.6 is 0 Å². The van der Waals surface area contributed by atoms with E-state index in [9.17, 15) is 14.7 Å². The summed E-state index contributed by atoms with van der Waals surface area (Å²) in [7, 11) is 3.42. The first-order valence-electron chi connectivity index (χ1n) is 6.52. The standard InChI is InChI=1S/C13H22N4O3/c1-5-6-13(2,11(18)19)15-12(20)16(3)8-10-7-14-17(4)9-10/h7,9H,5-6,8H2,1-4H3,(H,15,20)(H,18,19). The maximum absolute atomic E-state index is 12.1. The summed E-state index contributed by atoms with van der Waals surface area (Å²) in [6, 6.07) is -0.410. The number of hydrogen-bond donors (Lipinski definition) is 2. The first-order valence-corrected chi connectivity index (χ1v) is 6.52. The molecule has 0 spiro atoms. The van der Waals surface area contributed by atoms with Gasteiger partial charge in [0.25, 0.3) is 0 Å². The fourth-order valence-corrected chi connectivity index (χ4v) is 1.95. The number of carbonyl (C=O) groups is 2. The van der Waals surface area contributed by atoms with Gasteiger partial charge in [-0.2, -0.15) is 5.10 Å². The SMILES string of the molecule is CCCC(C)(NC(=O)N(C)Cc1cnn(C)c1)C(=O)O. The van der Waals surface area contributed by atoms with E-state index in [0.29, 0.717) is 19.4 Å². The van der Waals surface area contributed by atoms with Crippen molar-refractivity contribution in [2.75, 3.05) is 7.05 Å². The van der Waals surface area contributed by atoms with Gasteiger partial charge in [-0.3, -0.25) is 4.68 Å². The maximum atomic E-state index is 12.1. The quantitative estimate of drug-likeness (QED) is 0.821. The molecule has 7 heteroatoms. The number of carboxylic acids is 1. The monoisotopic (exact) mass is 282 g/mol. The van der Waals surface area contributed by atoms with E-state index in [0.717, 1.165) is 5.56 Å². The third kappa shape index (κ3) is 3.97. The van der Waals surface area contributed by atoms with Gasteiger partial charge < -0.3 is 15.3 Å². The molecule has 0 fully saturated rings. The van der Waals surface area contributed by atoms with E-state index >= 15 is 0 Å². The van der Waals surface area contributed by atoms with Crippen molar-refractivity contribution in [1.29, 1.82) is 0 Å². The van der Waals surface area contributed by atoms with E-state index in [2.05, 4.69) is 10.4 Å². The molecule has 0 aliphatic rings. The fraction of sp³-hybridized carbons (Fsp3) is 0.615. The fourth-order valence-electron chi connectivity index (χ4n) is 1.95. The topological polar surface area (TPSA) is 87.5 Å². The molecule has 0 radical (unpaired) electrons. The van der Waals surface area contributed by atoms with Crippen molar-refractivity contribution in [3.8, 4) is 0 Å². The Morgan fingerprint density at radius 2 is 2.20 bits per heavy atom. The van der Waals surface area contributed by atoms with Crippen molar-refractivity contribution in [2.24, 2.45) is 7.05 Å². The van der Waals surface area contributed by atoms with Gasteiger partial charge in [0, 0.05) is 25.9 Å². The van der Waals surface area contributed by atoms with Gasteiger partial charge >= 0.3 is 12.0 Å². The van der Waals surface area contributed by atoms with Crippen LogP contribution in [0, 0.1) is 0 Å². The van der Waals surface area contributed by atoms with Crippen molar-refractivity contribution in [2.45, 2.75) is 38.8 Å². The Labute approximate surface area is 118 Å². The van der Waals surface area contributed by atoms with Crippen molar-refractivity contribution in [1.82, 2.24) is 20.0 Å². The molecular weight excluding hydrogens is 260 g/mol. The second-order valence-electron chi connectivity index (χ2n) is 5.20. The lowest BCUT2D eigenvalue weighted by Crippen LogP contribution is -2.55. The smallest absolute Gasteiger partial charge is 0.329 e. The largest absolute Gasteiger partial charge is 0.480 e. The molecule has 0 aliphatic heterocycles. The molecular formula is C13H22N4O3. The first kappa shape index (κ1) is 16.0. The van der Waals surface area contributed by atoms with Crippen LogP contribution in [0.2, 0.25) is 0 Å². The average molecular weight is 282 g/mol. The van der Waals surface area contributed by atoms with E-state index in [1.165, 1.54) is 11.8 Å². The van der Waals surface area contributed by atoms with Crippen LogP contribution in [0.5, 0.6) is 0 Å². The van der Waals surface area contributed by atoms with Crippen LogP contribution in [0.15, 0.2) is 12.4 Å². The Bertz CT molecular complexity index is 486. The summed E-state index contributed by atoms with van der Waals surface area (Å²) in [4.78, 5) is 24.8. The number of amides is 2. The minimum Gasteiger partial charge on any atom is -0.480 e. The molecule has 0 saturated carbocycles. The van der Waals surface area contributed by atoms with Gasteiger partial charge in [0.1, 0.15) is 5.54 Å². The first-order chi connectivity index (χ1) is 9.28. The summed E-state index contributed by atoms with van der Waals surface area (Å²) >= 11 is 0. The molecule has 0 saturated heterocycles. The predicted octanol–water partition coefficient (Wildman–Crippen LogP) is 1.20. The Kier molecular flexibility index (Phi) is 5.12. The molecule has 1 heterocycles. The number of carbonyl (C=O) groups excluding carboxylic acids is 1. The lowest BCUT2D eigenvalue weighted by Gasteiger charge is -2.28. The Morgan fingerprint density at radius 3 is 2.65 bits per heavy atom. The zero-order valence-electron chi connectivity index (χ0n) is 12.4. The van der Waals surface area contributed by atoms with E-state index < -0.39 is 17.5 Å². The normalized spacial score (nSPS) is 13.6. The minimum absolute atomic E-state index is 0.376. The highest BCUT2D eigenvalue weighted by atomic mass is 16.4. The second kappa shape index (κ2) is 6.40. The summed E-state index contributed by atoms with van der Waals surface area (Å²) in [6.45, 7) is 3.78. The van der Waals surface area contributed by atoms with Gasteiger partial charge in [-0.05, 0) is 13.3 Å². The second-order valence-corrected chi connectivity index (χ2v) is 5.20. The average Bonchev–Trinajstić information content (AvgIpc) is 2.74. The number of rotatable bonds is 6. The molecule has 1 rings (SSSR count). The summed E-state index contributed by atoms with van der Waals surface area (Å²) in [5.74, 6) is -1.03. The van der Waals surface area contributed by atoms with Crippen molar-refractivity contribution in [3.63, 3.8) is 0 Å². The van der Waals surface area contributed by atoms with Gasteiger partial charge in [-0.1, -0.05) is 13.3 Å². The molecule has 1 aromatic heterocycles. The summed E-state index contributed by atoms with van der Waals surface area (Å²) in [5, 5.41) is 15.8. The number of nitrogens with zero attached hydrogens (tertiary/aromatic N) is 3. The summed E-state index contributed by atoms with van der Waals surface area (Å²) < 4.78 is 1.65. The number of urea groups is 1. The van der Waals surface area contributed by atoms with Crippen LogP contribution in [0.3, 0.4) is 0 Å². The lowest BCUT2D eigenvalue weighted by atomic mass is 9.96. The van der Waals surface area contributed by atoms with Crippen LogP contribution < -0.4 is 5.32 Å². The number of hydrogen-bond acceptors (Lipinski definition) is 3. The van der Waals surface area contributed by atoms with E-state index in [1.54, 1.807) is 25.0 Å². The number of nitrogens with one attached hydrogen (secondary N) is 1.